The predicted molar refractivity (Wildman–Crippen MR) is 118 cm³/mol. The van der Waals surface area contributed by atoms with Crippen LogP contribution in [0.5, 0.6) is 5.75 Å². The van der Waals surface area contributed by atoms with E-state index in [9.17, 15) is 0 Å². The van der Waals surface area contributed by atoms with E-state index < -0.39 is 3.79 Å². The lowest BCUT2D eigenvalue weighted by Crippen LogP contribution is -2.30. The van der Waals surface area contributed by atoms with Gasteiger partial charge in [0.05, 0.1) is 7.11 Å². The third kappa shape index (κ3) is 4.36. The first-order valence-corrected chi connectivity index (χ1v) is 10.5. The van der Waals surface area contributed by atoms with Gasteiger partial charge in [-0.05, 0) is 30.5 Å². The molecule has 2 heterocycles. The van der Waals surface area contributed by atoms with E-state index >= 15 is 0 Å². The number of fused-ring (bicyclic) bond motifs is 1. The molecule has 152 valence electrons. The van der Waals surface area contributed by atoms with E-state index in [0.717, 1.165) is 54.7 Å². The van der Waals surface area contributed by atoms with Gasteiger partial charge in [-0.3, -0.25) is 0 Å². The van der Waals surface area contributed by atoms with Gasteiger partial charge in [-0.2, -0.15) is 9.97 Å². The second-order valence-corrected chi connectivity index (χ2v) is 9.01. The van der Waals surface area contributed by atoms with Gasteiger partial charge in [0.1, 0.15) is 5.75 Å². The quantitative estimate of drug-likeness (QED) is 0.597. The van der Waals surface area contributed by atoms with Gasteiger partial charge in [0.25, 0.3) is 0 Å². The second kappa shape index (κ2) is 8.48. The van der Waals surface area contributed by atoms with Crippen molar-refractivity contribution in [2.45, 2.75) is 10.2 Å². The molecule has 1 aliphatic heterocycles. The Morgan fingerprint density at radius 2 is 1.76 bits per heavy atom. The summed E-state index contributed by atoms with van der Waals surface area (Å²) in [6, 6.07) is 11.7. The summed E-state index contributed by atoms with van der Waals surface area (Å²) in [6.45, 7) is 3.38. The molecule has 0 radical (unpaired) electrons. The monoisotopic (exact) mass is 451 g/mol. The number of nitrogens with zero attached hydrogens (tertiary/aromatic N) is 4. The zero-order valence-corrected chi connectivity index (χ0v) is 18.1. The van der Waals surface area contributed by atoms with Crippen molar-refractivity contribution in [2.75, 3.05) is 38.2 Å². The summed E-state index contributed by atoms with van der Waals surface area (Å²) < 4.78 is 3.75. The first-order valence-electron chi connectivity index (χ1n) is 9.32. The molecule has 29 heavy (non-hydrogen) atoms. The van der Waals surface area contributed by atoms with Crippen molar-refractivity contribution < 1.29 is 4.74 Å². The average molecular weight is 453 g/mol. The standard InChI is InChI=1S/C20H20Cl3N5O/c1-29-16-8-7-15(13-5-2-3-6-14(13)16)17-25-18(20(21,22)23)27-19(26-17)28-11-4-9-24-10-12-28/h2-3,5-8,24H,4,9-12H2,1H3. The van der Waals surface area contributed by atoms with Crippen molar-refractivity contribution >= 4 is 51.5 Å². The highest BCUT2D eigenvalue weighted by Crippen LogP contribution is 2.38. The van der Waals surface area contributed by atoms with Crippen LogP contribution >= 0.6 is 34.8 Å². The van der Waals surface area contributed by atoms with Crippen LogP contribution in [0.1, 0.15) is 12.2 Å². The SMILES string of the molecule is COc1ccc(-c2nc(N3CCCNCC3)nc(C(Cl)(Cl)Cl)n2)c2ccccc12. The average Bonchev–Trinajstić information content (AvgIpc) is 3.01. The highest BCUT2D eigenvalue weighted by molar-refractivity contribution is 6.66. The van der Waals surface area contributed by atoms with E-state index in [0.29, 0.717) is 11.8 Å². The Morgan fingerprint density at radius 3 is 2.52 bits per heavy atom. The van der Waals surface area contributed by atoms with Gasteiger partial charge in [0.15, 0.2) is 11.6 Å². The van der Waals surface area contributed by atoms with Crippen LogP contribution in [0, 0.1) is 0 Å². The Labute approximate surface area is 184 Å². The predicted octanol–water partition coefficient (Wildman–Crippen LogP) is 4.33. The minimum absolute atomic E-state index is 0.111. The molecule has 6 nitrogen and oxygen atoms in total. The molecular weight excluding hydrogens is 433 g/mol. The second-order valence-electron chi connectivity index (χ2n) is 6.73. The smallest absolute Gasteiger partial charge is 0.250 e. The largest absolute Gasteiger partial charge is 0.496 e. The summed E-state index contributed by atoms with van der Waals surface area (Å²) in [6.07, 6.45) is 0.982. The Balaban J connectivity index is 1.89. The van der Waals surface area contributed by atoms with Gasteiger partial charge in [0.2, 0.25) is 9.74 Å². The van der Waals surface area contributed by atoms with Crippen molar-refractivity contribution in [3.63, 3.8) is 0 Å². The number of anilines is 1. The van der Waals surface area contributed by atoms with E-state index in [2.05, 4.69) is 20.2 Å². The number of hydrogen-bond donors (Lipinski definition) is 1. The molecule has 9 heteroatoms. The lowest BCUT2D eigenvalue weighted by Gasteiger charge is -2.22. The molecule has 3 aromatic rings. The first-order chi connectivity index (χ1) is 14.0. The molecule has 1 saturated heterocycles. The molecule has 0 amide bonds. The molecule has 0 spiro atoms. The molecule has 1 aliphatic rings. The zero-order valence-electron chi connectivity index (χ0n) is 15.8. The Hall–Kier alpha value is -1.86. The number of ether oxygens (including phenoxy) is 1. The number of halogens is 3. The van der Waals surface area contributed by atoms with Crippen molar-refractivity contribution in [1.82, 2.24) is 20.3 Å². The Bertz CT molecular complexity index is 1020. The molecular formula is C20H20Cl3N5O. The molecule has 0 atom stereocenters. The van der Waals surface area contributed by atoms with Crippen LogP contribution in [-0.4, -0.2) is 48.2 Å². The van der Waals surface area contributed by atoms with Crippen LogP contribution in [0.3, 0.4) is 0 Å². The van der Waals surface area contributed by atoms with Gasteiger partial charge in [0, 0.05) is 30.6 Å². The number of alkyl halides is 3. The fourth-order valence-corrected chi connectivity index (χ4v) is 3.70. The highest BCUT2D eigenvalue weighted by Gasteiger charge is 2.30. The van der Waals surface area contributed by atoms with Gasteiger partial charge >= 0.3 is 0 Å². The lowest BCUT2D eigenvalue weighted by molar-refractivity contribution is 0.420. The number of hydrogen-bond acceptors (Lipinski definition) is 6. The van der Waals surface area contributed by atoms with Crippen molar-refractivity contribution in [3.8, 4) is 17.1 Å². The third-order valence-corrected chi connectivity index (χ3v) is 5.35. The zero-order chi connectivity index (χ0) is 20.4. The van der Waals surface area contributed by atoms with Crippen LogP contribution in [0.25, 0.3) is 22.2 Å². The van der Waals surface area contributed by atoms with E-state index in [1.807, 2.05) is 36.4 Å². The fraction of sp³-hybridized carbons (Fsp3) is 0.350. The van der Waals surface area contributed by atoms with Gasteiger partial charge in [-0.1, -0.05) is 59.1 Å². The summed E-state index contributed by atoms with van der Waals surface area (Å²) in [5.41, 5.74) is 0.827. The number of benzene rings is 2. The Morgan fingerprint density at radius 1 is 0.966 bits per heavy atom. The minimum Gasteiger partial charge on any atom is -0.496 e. The van der Waals surface area contributed by atoms with Crippen LogP contribution in [0.15, 0.2) is 36.4 Å². The molecule has 0 saturated carbocycles. The maximum atomic E-state index is 6.15. The molecule has 0 unspecified atom stereocenters. The van der Waals surface area contributed by atoms with E-state index in [4.69, 9.17) is 44.5 Å². The van der Waals surface area contributed by atoms with Crippen molar-refractivity contribution in [3.05, 3.63) is 42.2 Å². The molecule has 1 aromatic heterocycles. The molecule has 1 fully saturated rings. The van der Waals surface area contributed by atoms with E-state index in [1.165, 1.54) is 0 Å². The maximum absolute atomic E-state index is 6.15. The number of methoxy groups -OCH3 is 1. The fourth-order valence-electron chi connectivity index (χ4n) is 3.44. The van der Waals surface area contributed by atoms with Crippen LogP contribution in [0.4, 0.5) is 5.95 Å². The number of aromatic nitrogens is 3. The summed E-state index contributed by atoms with van der Waals surface area (Å²) in [5, 5.41) is 5.29. The van der Waals surface area contributed by atoms with E-state index in [-0.39, 0.29) is 5.82 Å². The highest BCUT2D eigenvalue weighted by atomic mass is 35.6. The summed E-state index contributed by atoms with van der Waals surface area (Å²) >= 11 is 18.5. The van der Waals surface area contributed by atoms with Crippen LogP contribution in [0.2, 0.25) is 0 Å². The molecule has 1 N–H and O–H groups in total. The maximum Gasteiger partial charge on any atom is 0.250 e. The molecule has 2 aromatic carbocycles. The topological polar surface area (TPSA) is 63.2 Å². The Kier molecular flexibility index (Phi) is 5.97. The molecule has 0 bridgehead atoms. The van der Waals surface area contributed by atoms with E-state index in [1.54, 1.807) is 7.11 Å². The summed E-state index contributed by atoms with van der Waals surface area (Å²) in [7, 11) is 1.65. The minimum atomic E-state index is -1.75. The third-order valence-electron chi connectivity index (χ3n) is 4.84. The van der Waals surface area contributed by atoms with Crippen molar-refractivity contribution in [1.29, 1.82) is 0 Å². The molecule has 4 rings (SSSR count). The van der Waals surface area contributed by atoms with Gasteiger partial charge < -0.3 is 15.0 Å². The summed E-state index contributed by atoms with van der Waals surface area (Å²) in [4.78, 5) is 15.8. The van der Waals surface area contributed by atoms with Crippen LogP contribution in [-0.2, 0) is 3.79 Å². The number of rotatable bonds is 3. The van der Waals surface area contributed by atoms with Crippen molar-refractivity contribution in [2.24, 2.45) is 0 Å². The summed E-state index contributed by atoms with van der Waals surface area (Å²) in [5.74, 6) is 1.87. The van der Waals surface area contributed by atoms with Gasteiger partial charge in [-0.15, -0.1) is 0 Å². The van der Waals surface area contributed by atoms with Gasteiger partial charge in [-0.25, -0.2) is 4.98 Å². The lowest BCUT2D eigenvalue weighted by atomic mass is 10.0. The normalized spacial score (nSPS) is 15.4. The molecule has 0 aliphatic carbocycles. The first kappa shape index (κ1) is 20.4. The van der Waals surface area contributed by atoms with Crippen LogP contribution < -0.4 is 15.0 Å². The number of nitrogens with one attached hydrogen (secondary N) is 1.